The highest BCUT2D eigenvalue weighted by Crippen LogP contribution is 2.37. The number of benzene rings is 3. The number of aromatic nitrogens is 2. The van der Waals surface area contributed by atoms with Gasteiger partial charge < -0.3 is 20.8 Å². The summed E-state index contributed by atoms with van der Waals surface area (Å²) in [5.74, 6) is -0.173. The highest BCUT2D eigenvalue weighted by molar-refractivity contribution is 6.12. The van der Waals surface area contributed by atoms with Gasteiger partial charge in [-0.05, 0) is 65.1 Å². The standard InChI is InChI=1S/C31H28FN5O3/c1-17(2)14-35-29(38)24-12-19(6-10-23(24)21-15-36-31(33)37-16-21)20-7-11-26-25(13-20)27(30(39)34-3)28(40-26)18-4-8-22(32)9-5-18/h4-13,15-17H,14H2,1-3H3,(H,34,39)(H,35,38)(H2,33,36,37). The summed E-state index contributed by atoms with van der Waals surface area (Å²) in [6.45, 7) is 4.56. The zero-order chi connectivity index (χ0) is 28.4. The predicted molar refractivity (Wildman–Crippen MR) is 153 cm³/mol. The number of nitrogens with one attached hydrogen (secondary N) is 2. The number of furan rings is 1. The molecule has 202 valence electrons. The van der Waals surface area contributed by atoms with Crippen LogP contribution in [0, 0.1) is 11.7 Å². The van der Waals surface area contributed by atoms with Gasteiger partial charge in [-0.1, -0.05) is 32.0 Å². The summed E-state index contributed by atoms with van der Waals surface area (Å²) in [6, 6.07) is 16.8. The SMILES string of the molecule is CNC(=O)c1c(-c2ccc(F)cc2)oc2ccc(-c3ccc(-c4cnc(N)nc4)c(C(=O)NCC(C)C)c3)cc12. The van der Waals surface area contributed by atoms with Gasteiger partial charge in [0.25, 0.3) is 11.8 Å². The summed E-state index contributed by atoms with van der Waals surface area (Å²) < 4.78 is 19.6. The Morgan fingerprint density at radius 1 is 0.900 bits per heavy atom. The van der Waals surface area contributed by atoms with E-state index in [1.807, 2.05) is 44.2 Å². The van der Waals surface area contributed by atoms with Crippen LogP contribution in [0.5, 0.6) is 0 Å². The number of rotatable bonds is 7. The molecule has 8 nitrogen and oxygen atoms in total. The van der Waals surface area contributed by atoms with Crippen LogP contribution < -0.4 is 16.4 Å². The van der Waals surface area contributed by atoms with Gasteiger partial charge in [0.2, 0.25) is 5.95 Å². The zero-order valence-corrected chi connectivity index (χ0v) is 22.3. The molecule has 0 aliphatic carbocycles. The maximum absolute atomic E-state index is 13.6. The van der Waals surface area contributed by atoms with Crippen molar-refractivity contribution in [2.75, 3.05) is 19.3 Å². The molecule has 0 spiro atoms. The maximum Gasteiger partial charge on any atom is 0.255 e. The highest BCUT2D eigenvalue weighted by Gasteiger charge is 2.23. The van der Waals surface area contributed by atoms with Gasteiger partial charge in [-0.15, -0.1) is 0 Å². The Morgan fingerprint density at radius 2 is 1.55 bits per heavy atom. The lowest BCUT2D eigenvalue weighted by Gasteiger charge is -2.14. The van der Waals surface area contributed by atoms with Gasteiger partial charge >= 0.3 is 0 Å². The molecular formula is C31H28FN5O3. The van der Waals surface area contributed by atoms with Crippen molar-refractivity contribution < 1.29 is 18.4 Å². The van der Waals surface area contributed by atoms with Crippen LogP contribution in [-0.4, -0.2) is 35.4 Å². The lowest BCUT2D eigenvalue weighted by molar-refractivity contribution is 0.0946. The molecule has 0 aliphatic rings. The fourth-order valence-electron chi connectivity index (χ4n) is 4.46. The fourth-order valence-corrected chi connectivity index (χ4v) is 4.46. The van der Waals surface area contributed by atoms with Crippen molar-refractivity contribution in [2.24, 2.45) is 5.92 Å². The average Bonchev–Trinajstić information content (AvgIpc) is 3.35. The summed E-state index contributed by atoms with van der Waals surface area (Å²) in [7, 11) is 1.54. The van der Waals surface area contributed by atoms with Crippen LogP contribution in [0.15, 0.2) is 77.5 Å². The molecule has 0 unspecified atom stereocenters. The lowest BCUT2D eigenvalue weighted by Crippen LogP contribution is -2.27. The second kappa shape index (κ2) is 11.0. The molecule has 3 aromatic carbocycles. The molecule has 2 heterocycles. The predicted octanol–water partition coefficient (Wildman–Crippen LogP) is 5.69. The van der Waals surface area contributed by atoms with Gasteiger partial charge in [-0.2, -0.15) is 0 Å². The van der Waals surface area contributed by atoms with Gasteiger partial charge in [0, 0.05) is 48.1 Å². The number of hydrogen-bond donors (Lipinski definition) is 3. The molecule has 5 aromatic rings. The molecule has 2 amide bonds. The van der Waals surface area contributed by atoms with Gasteiger partial charge in [0.05, 0.1) is 5.56 Å². The number of fused-ring (bicyclic) bond motifs is 1. The van der Waals surface area contributed by atoms with E-state index in [-0.39, 0.29) is 29.5 Å². The Bertz CT molecular complexity index is 1710. The minimum atomic E-state index is -0.383. The third-order valence-electron chi connectivity index (χ3n) is 6.50. The third kappa shape index (κ3) is 5.26. The van der Waals surface area contributed by atoms with E-state index in [0.717, 1.165) is 11.1 Å². The molecule has 0 saturated heterocycles. The van der Waals surface area contributed by atoms with Crippen molar-refractivity contribution in [3.63, 3.8) is 0 Å². The van der Waals surface area contributed by atoms with Crippen LogP contribution in [0.25, 0.3) is 44.5 Å². The molecule has 0 saturated carbocycles. The summed E-state index contributed by atoms with van der Waals surface area (Å²) in [5.41, 5.74) is 10.4. The van der Waals surface area contributed by atoms with E-state index < -0.39 is 0 Å². The van der Waals surface area contributed by atoms with Crippen molar-refractivity contribution >= 4 is 28.7 Å². The van der Waals surface area contributed by atoms with Gasteiger partial charge in [0.15, 0.2) is 0 Å². The fraction of sp³-hybridized carbons (Fsp3) is 0.161. The number of anilines is 1. The number of amides is 2. The van der Waals surface area contributed by atoms with Crippen LogP contribution in [0.3, 0.4) is 0 Å². The minimum absolute atomic E-state index is 0.145. The Morgan fingerprint density at radius 3 is 2.23 bits per heavy atom. The van der Waals surface area contributed by atoms with Crippen LogP contribution >= 0.6 is 0 Å². The molecule has 4 N–H and O–H groups in total. The van der Waals surface area contributed by atoms with E-state index in [9.17, 15) is 14.0 Å². The first kappa shape index (κ1) is 26.6. The van der Waals surface area contributed by atoms with Gasteiger partial charge in [-0.25, -0.2) is 14.4 Å². The normalized spacial score (nSPS) is 11.1. The number of hydrogen-bond acceptors (Lipinski definition) is 6. The number of nitrogens with two attached hydrogens (primary N) is 1. The average molecular weight is 538 g/mol. The van der Waals surface area contributed by atoms with E-state index in [4.69, 9.17) is 10.2 Å². The monoisotopic (exact) mass is 537 g/mol. The van der Waals surface area contributed by atoms with Crippen LogP contribution in [0.2, 0.25) is 0 Å². The Hall–Kier alpha value is -5.05. The first-order valence-corrected chi connectivity index (χ1v) is 12.8. The highest BCUT2D eigenvalue weighted by atomic mass is 19.1. The van der Waals surface area contributed by atoms with Crippen molar-refractivity contribution in [1.82, 2.24) is 20.6 Å². The van der Waals surface area contributed by atoms with Crippen LogP contribution in [-0.2, 0) is 0 Å². The summed E-state index contributed by atoms with van der Waals surface area (Å²) in [6.07, 6.45) is 3.17. The number of nitrogen functional groups attached to an aromatic ring is 1. The molecular weight excluding hydrogens is 509 g/mol. The van der Waals surface area contributed by atoms with Crippen LogP contribution in [0.4, 0.5) is 10.3 Å². The largest absolute Gasteiger partial charge is 0.455 e. The molecule has 5 rings (SSSR count). The Balaban J connectivity index is 1.64. The molecule has 9 heteroatoms. The summed E-state index contributed by atoms with van der Waals surface area (Å²) in [5, 5.41) is 6.25. The van der Waals surface area contributed by atoms with Crippen molar-refractivity contribution in [2.45, 2.75) is 13.8 Å². The van der Waals surface area contributed by atoms with Crippen molar-refractivity contribution in [3.05, 3.63) is 90.0 Å². The van der Waals surface area contributed by atoms with E-state index in [0.29, 0.717) is 51.1 Å². The molecule has 0 aliphatic heterocycles. The number of carbonyl (C=O) groups is 2. The zero-order valence-electron chi connectivity index (χ0n) is 22.3. The Kier molecular flexibility index (Phi) is 7.29. The number of carbonyl (C=O) groups excluding carboxylic acids is 2. The van der Waals surface area contributed by atoms with Crippen LogP contribution in [0.1, 0.15) is 34.6 Å². The van der Waals surface area contributed by atoms with E-state index in [2.05, 4.69) is 20.6 Å². The molecule has 0 fully saturated rings. The smallest absolute Gasteiger partial charge is 0.255 e. The second-order valence-corrected chi connectivity index (χ2v) is 9.80. The molecule has 2 aromatic heterocycles. The van der Waals surface area contributed by atoms with E-state index >= 15 is 0 Å². The number of halogens is 1. The van der Waals surface area contributed by atoms with Crippen molar-refractivity contribution in [3.8, 4) is 33.6 Å². The van der Waals surface area contributed by atoms with Gasteiger partial charge in [-0.3, -0.25) is 9.59 Å². The molecule has 0 radical (unpaired) electrons. The molecule has 0 bridgehead atoms. The maximum atomic E-state index is 13.6. The first-order valence-electron chi connectivity index (χ1n) is 12.8. The quantitative estimate of drug-likeness (QED) is 0.245. The van der Waals surface area contributed by atoms with E-state index in [1.54, 1.807) is 37.6 Å². The minimum Gasteiger partial charge on any atom is -0.455 e. The summed E-state index contributed by atoms with van der Waals surface area (Å²) in [4.78, 5) is 34.4. The molecule has 40 heavy (non-hydrogen) atoms. The van der Waals surface area contributed by atoms with Crippen molar-refractivity contribution in [1.29, 1.82) is 0 Å². The number of nitrogens with zero attached hydrogens (tertiary/aromatic N) is 2. The summed E-state index contributed by atoms with van der Waals surface area (Å²) >= 11 is 0. The first-order chi connectivity index (χ1) is 19.2. The van der Waals surface area contributed by atoms with Gasteiger partial charge in [0.1, 0.15) is 17.2 Å². The molecule has 0 atom stereocenters. The third-order valence-corrected chi connectivity index (χ3v) is 6.50. The van der Waals surface area contributed by atoms with E-state index in [1.165, 1.54) is 12.1 Å². The Labute approximate surface area is 230 Å². The second-order valence-electron chi connectivity index (χ2n) is 9.80. The topological polar surface area (TPSA) is 123 Å². The lowest BCUT2D eigenvalue weighted by atomic mass is 9.94.